The van der Waals surface area contributed by atoms with E-state index in [4.69, 9.17) is 11.6 Å². The van der Waals surface area contributed by atoms with Crippen molar-refractivity contribution in [2.45, 2.75) is 32.6 Å². The second kappa shape index (κ2) is 6.43. The van der Waals surface area contributed by atoms with Crippen LogP contribution in [0.1, 0.15) is 41.6 Å². The fourth-order valence-corrected chi connectivity index (χ4v) is 3.20. The normalized spacial score (nSPS) is 16.7. The number of alkyl halides is 1. The molecule has 0 saturated heterocycles. The predicted octanol–water partition coefficient (Wildman–Crippen LogP) is 3.43. The van der Waals surface area contributed by atoms with Crippen LogP contribution in [0, 0.1) is 22.5 Å². The largest absolute Gasteiger partial charge is 0.351 e. The smallest absolute Gasteiger partial charge is 0.282 e. The maximum Gasteiger partial charge on any atom is 0.282 e. The van der Waals surface area contributed by atoms with Gasteiger partial charge >= 0.3 is 0 Å². The van der Waals surface area contributed by atoms with Crippen molar-refractivity contribution in [3.8, 4) is 0 Å². The van der Waals surface area contributed by atoms with Crippen LogP contribution in [0.25, 0.3) is 0 Å². The molecule has 21 heavy (non-hydrogen) atoms. The van der Waals surface area contributed by atoms with E-state index in [1.54, 1.807) is 19.1 Å². The summed E-state index contributed by atoms with van der Waals surface area (Å²) in [5.41, 5.74) is 0.710. The average Bonchev–Trinajstić information content (AvgIpc) is 2.94. The van der Waals surface area contributed by atoms with Gasteiger partial charge in [0, 0.05) is 23.9 Å². The number of rotatable bonds is 5. The third-order valence-corrected chi connectivity index (χ3v) is 4.73. The molecule has 0 aliphatic heterocycles. The second-order valence-corrected chi connectivity index (χ2v) is 6.07. The summed E-state index contributed by atoms with van der Waals surface area (Å²) < 4.78 is 0. The zero-order valence-electron chi connectivity index (χ0n) is 12.0. The van der Waals surface area contributed by atoms with Gasteiger partial charge in [0.1, 0.15) is 5.56 Å². The lowest BCUT2D eigenvalue weighted by molar-refractivity contribution is -0.385. The Hall–Kier alpha value is -1.62. The standard InChI is InChI=1S/C15H19ClN2O3/c1-11-4-5-13(18(20)21)12(8-11)14(19)17-10-15(9-16)6-2-3-7-15/h4-5,8H,2-3,6-7,9-10H2,1H3,(H,17,19). The summed E-state index contributed by atoms with van der Waals surface area (Å²) in [5, 5.41) is 13.8. The van der Waals surface area contributed by atoms with E-state index in [0.29, 0.717) is 12.4 Å². The van der Waals surface area contributed by atoms with Crippen LogP contribution in [0.5, 0.6) is 0 Å². The molecule has 1 saturated carbocycles. The number of nitrogens with zero attached hydrogens (tertiary/aromatic N) is 1. The number of amides is 1. The molecule has 1 fully saturated rings. The number of aryl methyl sites for hydroxylation is 1. The van der Waals surface area contributed by atoms with Crippen molar-refractivity contribution >= 4 is 23.2 Å². The third-order valence-electron chi connectivity index (χ3n) is 4.17. The summed E-state index contributed by atoms with van der Waals surface area (Å²) in [7, 11) is 0. The first-order chi connectivity index (χ1) is 9.97. The Balaban J connectivity index is 2.13. The number of nitro benzene ring substituents is 1. The molecule has 1 aromatic carbocycles. The van der Waals surface area contributed by atoms with Crippen LogP contribution >= 0.6 is 11.6 Å². The van der Waals surface area contributed by atoms with E-state index in [-0.39, 0.29) is 16.7 Å². The zero-order valence-corrected chi connectivity index (χ0v) is 12.8. The van der Waals surface area contributed by atoms with Gasteiger partial charge in [-0.05, 0) is 31.4 Å². The van der Waals surface area contributed by atoms with E-state index in [0.717, 1.165) is 31.2 Å². The number of carbonyl (C=O) groups is 1. The Morgan fingerprint density at radius 2 is 2.10 bits per heavy atom. The van der Waals surface area contributed by atoms with E-state index in [1.165, 1.54) is 6.07 Å². The predicted molar refractivity (Wildman–Crippen MR) is 81.8 cm³/mol. The fourth-order valence-electron chi connectivity index (χ4n) is 2.84. The van der Waals surface area contributed by atoms with Gasteiger partial charge in [-0.1, -0.05) is 18.9 Å². The topological polar surface area (TPSA) is 72.2 Å². The van der Waals surface area contributed by atoms with Crippen LogP contribution in [0.15, 0.2) is 18.2 Å². The highest BCUT2D eigenvalue weighted by atomic mass is 35.5. The first-order valence-corrected chi connectivity index (χ1v) is 7.60. The number of benzene rings is 1. The van der Waals surface area contributed by atoms with E-state index in [1.807, 2.05) is 0 Å². The first-order valence-electron chi connectivity index (χ1n) is 7.07. The summed E-state index contributed by atoms with van der Waals surface area (Å²) in [6, 6.07) is 4.55. The molecule has 0 aromatic heterocycles. The molecule has 0 radical (unpaired) electrons. The van der Waals surface area contributed by atoms with Crippen LogP contribution in [-0.2, 0) is 0 Å². The van der Waals surface area contributed by atoms with Crippen molar-refractivity contribution in [3.63, 3.8) is 0 Å². The van der Waals surface area contributed by atoms with Crippen LogP contribution in [0.4, 0.5) is 5.69 Å². The van der Waals surface area contributed by atoms with Gasteiger partial charge in [-0.25, -0.2) is 0 Å². The van der Waals surface area contributed by atoms with Gasteiger partial charge in [-0.15, -0.1) is 11.6 Å². The lowest BCUT2D eigenvalue weighted by Gasteiger charge is -2.26. The minimum absolute atomic E-state index is 0.0597. The van der Waals surface area contributed by atoms with Gasteiger partial charge in [-0.2, -0.15) is 0 Å². The molecule has 1 aliphatic rings. The lowest BCUT2D eigenvalue weighted by Crippen LogP contribution is -2.37. The van der Waals surface area contributed by atoms with Crippen molar-refractivity contribution in [3.05, 3.63) is 39.4 Å². The summed E-state index contributed by atoms with van der Waals surface area (Å²) in [6.45, 7) is 2.28. The quantitative estimate of drug-likeness (QED) is 0.514. The molecular formula is C15H19ClN2O3. The van der Waals surface area contributed by atoms with Crippen molar-refractivity contribution in [1.29, 1.82) is 0 Å². The average molecular weight is 311 g/mol. The molecule has 114 valence electrons. The van der Waals surface area contributed by atoms with Crippen LogP contribution < -0.4 is 5.32 Å². The summed E-state index contributed by atoms with van der Waals surface area (Å²) in [5.74, 6) is 0.102. The maximum atomic E-state index is 12.3. The van der Waals surface area contributed by atoms with E-state index >= 15 is 0 Å². The Kier molecular flexibility index (Phi) is 4.83. The molecule has 5 nitrogen and oxygen atoms in total. The minimum Gasteiger partial charge on any atom is -0.351 e. The molecule has 0 bridgehead atoms. The Morgan fingerprint density at radius 1 is 1.43 bits per heavy atom. The molecule has 0 spiro atoms. The highest BCUT2D eigenvalue weighted by Gasteiger charge is 2.33. The molecule has 0 heterocycles. The van der Waals surface area contributed by atoms with Crippen molar-refractivity contribution in [2.75, 3.05) is 12.4 Å². The Bertz CT molecular complexity index is 554. The van der Waals surface area contributed by atoms with Crippen molar-refractivity contribution in [2.24, 2.45) is 5.41 Å². The molecule has 1 N–H and O–H groups in total. The van der Waals surface area contributed by atoms with Crippen molar-refractivity contribution in [1.82, 2.24) is 5.32 Å². The van der Waals surface area contributed by atoms with Gasteiger partial charge < -0.3 is 5.32 Å². The Morgan fingerprint density at radius 3 is 2.67 bits per heavy atom. The SMILES string of the molecule is Cc1ccc([N+](=O)[O-])c(C(=O)NCC2(CCl)CCCC2)c1. The highest BCUT2D eigenvalue weighted by molar-refractivity contribution is 6.18. The van der Waals surface area contributed by atoms with Gasteiger partial charge in [0.15, 0.2) is 0 Å². The molecular weight excluding hydrogens is 292 g/mol. The summed E-state index contributed by atoms with van der Waals surface area (Å²) in [6.07, 6.45) is 4.22. The summed E-state index contributed by atoms with van der Waals surface area (Å²) in [4.78, 5) is 22.8. The zero-order chi connectivity index (χ0) is 15.5. The Labute approximate surface area is 128 Å². The number of nitro groups is 1. The molecule has 6 heteroatoms. The van der Waals surface area contributed by atoms with E-state index < -0.39 is 10.8 Å². The molecule has 0 unspecified atom stereocenters. The van der Waals surface area contributed by atoms with Crippen LogP contribution in [-0.4, -0.2) is 23.3 Å². The van der Waals surface area contributed by atoms with Gasteiger partial charge in [0.05, 0.1) is 4.92 Å². The minimum atomic E-state index is -0.527. The van der Waals surface area contributed by atoms with Gasteiger partial charge in [0.25, 0.3) is 11.6 Å². The lowest BCUT2D eigenvalue weighted by atomic mass is 9.88. The second-order valence-electron chi connectivity index (χ2n) is 5.80. The highest BCUT2D eigenvalue weighted by Crippen LogP contribution is 2.38. The van der Waals surface area contributed by atoms with Crippen LogP contribution in [0.3, 0.4) is 0 Å². The third kappa shape index (κ3) is 3.53. The fraction of sp³-hybridized carbons (Fsp3) is 0.533. The number of halogens is 1. The number of nitrogens with one attached hydrogen (secondary N) is 1. The van der Waals surface area contributed by atoms with E-state index in [2.05, 4.69) is 5.32 Å². The van der Waals surface area contributed by atoms with Gasteiger partial charge in [0.2, 0.25) is 0 Å². The number of carbonyl (C=O) groups excluding carboxylic acids is 1. The molecule has 0 atom stereocenters. The van der Waals surface area contributed by atoms with Crippen molar-refractivity contribution < 1.29 is 9.72 Å². The maximum absolute atomic E-state index is 12.3. The van der Waals surface area contributed by atoms with Gasteiger partial charge in [-0.3, -0.25) is 14.9 Å². The summed E-state index contributed by atoms with van der Waals surface area (Å²) >= 11 is 6.04. The molecule has 2 rings (SSSR count). The monoisotopic (exact) mass is 310 g/mol. The number of hydrogen-bond donors (Lipinski definition) is 1. The van der Waals surface area contributed by atoms with E-state index in [9.17, 15) is 14.9 Å². The van der Waals surface area contributed by atoms with Crippen LogP contribution in [0.2, 0.25) is 0 Å². The molecule has 1 aromatic rings. The first kappa shape index (κ1) is 15.8. The number of hydrogen-bond acceptors (Lipinski definition) is 3. The molecule has 1 amide bonds. The molecule has 1 aliphatic carbocycles.